The smallest absolute Gasteiger partial charge is 0.219 e. The van der Waals surface area contributed by atoms with Crippen molar-refractivity contribution >= 4 is 5.91 Å². The lowest BCUT2D eigenvalue weighted by Gasteiger charge is -2.05. The topological polar surface area (TPSA) is 72.9 Å². The van der Waals surface area contributed by atoms with Gasteiger partial charge in [0, 0.05) is 31.9 Å². The highest BCUT2D eigenvalue weighted by Crippen LogP contribution is 1.94. The Hall–Kier alpha value is -1.36. The molecule has 3 N–H and O–H groups in total. The summed E-state index contributed by atoms with van der Waals surface area (Å²) in [7, 11) is 0. The van der Waals surface area contributed by atoms with E-state index in [-0.39, 0.29) is 5.91 Å². The van der Waals surface area contributed by atoms with Crippen LogP contribution in [0.4, 0.5) is 0 Å². The number of imidazole rings is 1. The highest BCUT2D eigenvalue weighted by Gasteiger charge is 1.99. The van der Waals surface area contributed by atoms with E-state index in [9.17, 15) is 4.79 Å². The zero-order valence-electron chi connectivity index (χ0n) is 9.56. The van der Waals surface area contributed by atoms with Crippen molar-refractivity contribution in [2.75, 3.05) is 13.1 Å². The first-order valence-electron chi connectivity index (χ1n) is 5.75. The maximum absolute atomic E-state index is 11.3. The first-order chi connectivity index (χ1) is 7.83. The van der Waals surface area contributed by atoms with Gasteiger partial charge < -0.3 is 15.6 Å². The van der Waals surface area contributed by atoms with E-state index in [1.54, 1.807) is 12.5 Å². The molecule has 0 aromatic carbocycles. The largest absolute Gasteiger partial charge is 0.356 e. The highest BCUT2D eigenvalue weighted by molar-refractivity contribution is 5.75. The van der Waals surface area contributed by atoms with Crippen molar-refractivity contribution in [3.8, 4) is 0 Å². The molecule has 0 spiro atoms. The van der Waals surface area contributed by atoms with Gasteiger partial charge in [-0.05, 0) is 25.8 Å². The predicted octanol–water partition coefficient (Wildman–Crippen LogP) is 0.518. The Balaban J connectivity index is 1.96. The van der Waals surface area contributed by atoms with E-state index in [1.165, 1.54) is 0 Å². The summed E-state index contributed by atoms with van der Waals surface area (Å²) in [6.45, 7) is 2.27. The molecule has 16 heavy (non-hydrogen) atoms. The second-order valence-electron chi connectivity index (χ2n) is 3.75. The van der Waals surface area contributed by atoms with E-state index in [2.05, 4.69) is 10.3 Å². The Bertz CT molecular complexity index is 284. The molecular weight excluding hydrogens is 204 g/mol. The molecule has 0 aliphatic carbocycles. The lowest BCUT2D eigenvalue weighted by Crippen LogP contribution is -2.25. The molecule has 0 unspecified atom stereocenters. The number of amides is 1. The number of aromatic nitrogens is 2. The van der Waals surface area contributed by atoms with Crippen molar-refractivity contribution in [2.24, 2.45) is 5.73 Å². The molecule has 1 heterocycles. The molecule has 0 fully saturated rings. The van der Waals surface area contributed by atoms with E-state index in [4.69, 9.17) is 5.73 Å². The van der Waals surface area contributed by atoms with Gasteiger partial charge in [0.2, 0.25) is 5.91 Å². The van der Waals surface area contributed by atoms with Gasteiger partial charge in [0.25, 0.3) is 0 Å². The van der Waals surface area contributed by atoms with Gasteiger partial charge in [0.1, 0.15) is 0 Å². The molecule has 0 radical (unpaired) electrons. The summed E-state index contributed by atoms with van der Waals surface area (Å²) in [5, 5.41) is 2.89. The summed E-state index contributed by atoms with van der Waals surface area (Å²) in [6, 6.07) is 0. The van der Waals surface area contributed by atoms with Gasteiger partial charge in [-0.3, -0.25) is 4.79 Å². The summed E-state index contributed by atoms with van der Waals surface area (Å²) in [6.07, 6.45) is 8.77. The summed E-state index contributed by atoms with van der Waals surface area (Å²) in [5.74, 6) is 0.124. The van der Waals surface area contributed by atoms with Gasteiger partial charge in [-0.15, -0.1) is 0 Å². The molecule has 1 aromatic heterocycles. The van der Waals surface area contributed by atoms with E-state index >= 15 is 0 Å². The molecule has 90 valence electrons. The minimum Gasteiger partial charge on any atom is -0.356 e. The number of unbranched alkanes of at least 4 members (excludes halogenated alkanes) is 1. The molecule has 0 bridgehead atoms. The normalized spacial score (nSPS) is 10.3. The molecule has 5 heteroatoms. The highest BCUT2D eigenvalue weighted by atomic mass is 16.1. The molecule has 1 aromatic rings. The van der Waals surface area contributed by atoms with Gasteiger partial charge in [-0.1, -0.05) is 0 Å². The number of hydrogen-bond acceptors (Lipinski definition) is 3. The summed E-state index contributed by atoms with van der Waals surface area (Å²) < 4.78 is 2.00. The van der Waals surface area contributed by atoms with Gasteiger partial charge in [0.15, 0.2) is 0 Å². The second kappa shape index (κ2) is 7.87. The van der Waals surface area contributed by atoms with Crippen molar-refractivity contribution in [1.29, 1.82) is 0 Å². The Morgan fingerprint density at radius 2 is 2.25 bits per heavy atom. The molecule has 0 aliphatic heterocycles. The van der Waals surface area contributed by atoms with Crippen LogP contribution in [-0.4, -0.2) is 28.5 Å². The number of aryl methyl sites for hydroxylation is 1. The molecular formula is C11H20N4O. The summed E-state index contributed by atoms with van der Waals surface area (Å²) in [4.78, 5) is 15.3. The van der Waals surface area contributed by atoms with Gasteiger partial charge in [0.05, 0.1) is 6.33 Å². The third-order valence-electron chi connectivity index (χ3n) is 2.33. The fraction of sp³-hybridized carbons (Fsp3) is 0.636. The standard InChI is InChI=1S/C11H20N4O/c12-5-2-1-4-11(16)14-6-3-8-15-9-7-13-10-15/h7,9-10H,1-6,8,12H2,(H,14,16). The first-order valence-corrected chi connectivity index (χ1v) is 5.75. The van der Waals surface area contributed by atoms with E-state index in [0.29, 0.717) is 13.0 Å². The van der Waals surface area contributed by atoms with Gasteiger partial charge in [-0.25, -0.2) is 4.98 Å². The van der Waals surface area contributed by atoms with Crippen molar-refractivity contribution in [3.05, 3.63) is 18.7 Å². The minimum absolute atomic E-state index is 0.124. The van der Waals surface area contributed by atoms with Crippen LogP contribution in [0, 0.1) is 0 Å². The van der Waals surface area contributed by atoms with Crippen molar-refractivity contribution in [3.63, 3.8) is 0 Å². The van der Waals surface area contributed by atoms with E-state index < -0.39 is 0 Å². The fourth-order valence-electron chi connectivity index (χ4n) is 1.43. The number of carbonyl (C=O) groups excluding carboxylic acids is 1. The zero-order chi connectivity index (χ0) is 11.6. The van der Waals surface area contributed by atoms with Crippen molar-refractivity contribution < 1.29 is 4.79 Å². The van der Waals surface area contributed by atoms with Crippen LogP contribution < -0.4 is 11.1 Å². The molecule has 0 aliphatic rings. The van der Waals surface area contributed by atoms with Crippen LogP contribution in [0.3, 0.4) is 0 Å². The Kier molecular flexibility index (Phi) is 6.25. The monoisotopic (exact) mass is 224 g/mol. The summed E-state index contributed by atoms with van der Waals surface area (Å²) in [5.41, 5.74) is 5.35. The number of hydrogen-bond donors (Lipinski definition) is 2. The first kappa shape index (κ1) is 12.7. The van der Waals surface area contributed by atoms with E-state index in [0.717, 1.165) is 32.4 Å². The van der Waals surface area contributed by atoms with Crippen LogP contribution in [0.25, 0.3) is 0 Å². The molecule has 5 nitrogen and oxygen atoms in total. The van der Waals surface area contributed by atoms with Crippen molar-refractivity contribution in [2.45, 2.75) is 32.2 Å². The lowest BCUT2D eigenvalue weighted by molar-refractivity contribution is -0.121. The van der Waals surface area contributed by atoms with E-state index in [1.807, 2.05) is 10.8 Å². The van der Waals surface area contributed by atoms with Crippen LogP contribution in [0.1, 0.15) is 25.7 Å². The number of nitrogens with zero attached hydrogens (tertiary/aromatic N) is 2. The lowest BCUT2D eigenvalue weighted by atomic mass is 10.2. The van der Waals surface area contributed by atoms with Crippen LogP contribution in [0.5, 0.6) is 0 Å². The maximum Gasteiger partial charge on any atom is 0.219 e. The summed E-state index contributed by atoms with van der Waals surface area (Å²) >= 11 is 0. The SMILES string of the molecule is NCCCCC(=O)NCCCn1ccnc1. The number of carbonyl (C=O) groups is 1. The second-order valence-corrected chi connectivity index (χ2v) is 3.75. The van der Waals surface area contributed by atoms with Crippen LogP contribution in [-0.2, 0) is 11.3 Å². The molecule has 0 saturated heterocycles. The fourth-order valence-corrected chi connectivity index (χ4v) is 1.43. The molecule has 1 rings (SSSR count). The zero-order valence-corrected chi connectivity index (χ0v) is 9.56. The molecule has 0 saturated carbocycles. The predicted molar refractivity (Wildman–Crippen MR) is 62.8 cm³/mol. The number of nitrogens with two attached hydrogens (primary N) is 1. The van der Waals surface area contributed by atoms with Crippen LogP contribution in [0.2, 0.25) is 0 Å². The average molecular weight is 224 g/mol. The van der Waals surface area contributed by atoms with Gasteiger partial charge >= 0.3 is 0 Å². The molecule has 0 atom stereocenters. The molecule has 1 amide bonds. The van der Waals surface area contributed by atoms with Gasteiger partial charge in [-0.2, -0.15) is 0 Å². The van der Waals surface area contributed by atoms with Crippen LogP contribution in [0.15, 0.2) is 18.7 Å². The quantitative estimate of drug-likeness (QED) is 0.632. The maximum atomic E-state index is 11.3. The Morgan fingerprint density at radius 3 is 2.94 bits per heavy atom. The number of rotatable bonds is 8. The minimum atomic E-state index is 0.124. The van der Waals surface area contributed by atoms with Crippen LogP contribution >= 0.6 is 0 Å². The Labute approximate surface area is 96.0 Å². The third kappa shape index (κ3) is 5.50. The van der Waals surface area contributed by atoms with Crippen molar-refractivity contribution in [1.82, 2.24) is 14.9 Å². The average Bonchev–Trinajstić information content (AvgIpc) is 2.78. The third-order valence-corrected chi connectivity index (χ3v) is 2.33. The Morgan fingerprint density at radius 1 is 1.38 bits per heavy atom. The number of nitrogens with one attached hydrogen (secondary N) is 1.